The zero-order valence-electron chi connectivity index (χ0n) is 21.1. The summed E-state index contributed by atoms with van der Waals surface area (Å²) in [4.78, 5) is 41.0. The number of aromatic nitrogens is 1. The monoisotopic (exact) mass is 550 g/mol. The normalized spacial score (nSPS) is 17.1. The van der Waals surface area contributed by atoms with Crippen molar-refractivity contribution in [2.75, 3.05) is 18.0 Å². The first-order chi connectivity index (χ1) is 18.2. The number of nitrogens with zero attached hydrogens (tertiary/aromatic N) is 4. The lowest BCUT2D eigenvalue weighted by atomic mass is 10.1. The van der Waals surface area contributed by atoms with E-state index in [2.05, 4.69) is 4.90 Å². The van der Waals surface area contributed by atoms with Crippen LogP contribution in [-0.4, -0.2) is 38.6 Å². The molecule has 0 bridgehead atoms. The van der Waals surface area contributed by atoms with E-state index in [1.54, 1.807) is 30.3 Å². The van der Waals surface area contributed by atoms with E-state index in [0.29, 0.717) is 21.3 Å². The zero-order chi connectivity index (χ0) is 27.0. The van der Waals surface area contributed by atoms with Crippen LogP contribution in [0.15, 0.2) is 53.4 Å². The number of piperidine rings is 1. The maximum absolute atomic E-state index is 13.1. The van der Waals surface area contributed by atoms with Gasteiger partial charge in [-0.3, -0.25) is 24.6 Å². The van der Waals surface area contributed by atoms with Crippen LogP contribution in [0.2, 0.25) is 5.02 Å². The Hall–Kier alpha value is -3.56. The van der Waals surface area contributed by atoms with Crippen LogP contribution in [0, 0.1) is 24.0 Å². The highest BCUT2D eigenvalue weighted by Gasteiger charge is 2.35. The van der Waals surface area contributed by atoms with E-state index < -0.39 is 0 Å². The maximum atomic E-state index is 13.1. The molecule has 1 aromatic heterocycles. The first kappa shape index (κ1) is 26.1. The van der Waals surface area contributed by atoms with Gasteiger partial charge >= 0.3 is 0 Å². The Bertz CT molecular complexity index is 1480. The van der Waals surface area contributed by atoms with Crippen LogP contribution >= 0.6 is 23.4 Å². The molecule has 196 valence electrons. The molecule has 3 aromatic rings. The van der Waals surface area contributed by atoms with Crippen molar-refractivity contribution in [3.63, 3.8) is 0 Å². The summed E-state index contributed by atoms with van der Waals surface area (Å²) in [5.74, 6) is -0.355. The summed E-state index contributed by atoms with van der Waals surface area (Å²) in [6, 6.07) is 14.4. The Kier molecular flexibility index (Phi) is 7.32. The van der Waals surface area contributed by atoms with Crippen molar-refractivity contribution >= 4 is 52.0 Å². The maximum Gasteiger partial charge on any atom is 0.294 e. The molecule has 2 aromatic carbocycles. The Morgan fingerprint density at radius 1 is 1.05 bits per heavy atom. The molecular formula is C28H27ClN4O4S. The van der Waals surface area contributed by atoms with Crippen molar-refractivity contribution < 1.29 is 14.5 Å². The second kappa shape index (κ2) is 10.7. The Balaban J connectivity index is 1.44. The van der Waals surface area contributed by atoms with Crippen LogP contribution in [0.1, 0.15) is 41.8 Å². The Labute approximate surface area is 230 Å². The van der Waals surface area contributed by atoms with E-state index in [4.69, 9.17) is 11.6 Å². The van der Waals surface area contributed by atoms with Gasteiger partial charge in [0.1, 0.15) is 5.69 Å². The summed E-state index contributed by atoms with van der Waals surface area (Å²) < 4.78 is 1.94. The lowest BCUT2D eigenvalue weighted by Gasteiger charge is -2.28. The van der Waals surface area contributed by atoms with E-state index in [1.807, 2.05) is 42.7 Å². The molecule has 0 N–H and O–H groups in total. The predicted octanol–water partition coefficient (Wildman–Crippen LogP) is 6.88. The molecule has 0 saturated carbocycles. The van der Waals surface area contributed by atoms with Gasteiger partial charge in [-0.15, -0.1) is 0 Å². The lowest BCUT2D eigenvalue weighted by Crippen LogP contribution is -2.30. The SMILES string of the molecule is Cc1cc(/C=C2\SC(=O)N(Cc3cccc(Cl)c3)C2=O)c(C)n1-c1ccc(N2CCCCC2)c([N+](=O)[O-])c1. The van der Waals surface area contributed by atoms with Crippen molar-refractivity contribution in [1.29, 1.82) is 0 Å². The van der Waals surface area contributed by atoms with Crippen LogP contribution in [0.5, 0.6) is 0 Å². The Morgan fingerprint density at radius 2 is 1.82 bits per heavy atom. The van der Waals surface area contributed by atoms with Gasteiger partial charge in [-0.05, 0) is 92.4 Å². The van der Waals surface area contributed by atoms with Crippen molar-refractivity contribution in [2.45, 2.75) is 39.7 Å². The van der Waals surface area contributed by atoms with Crippen LogP contribution in [0.4, 0.5) is 16.2 Å². The van der Waals surface area contributed by atoms with Crippen LogP contribution in [0.25, 0.3) is 11.8 Å². The third kappa shape index (κ3) is 5.08. The summed E-state index contributed by atoms with van der Waals surface area (Å²) in [6.45, 7) is 5.60. The van der Waals surface area contributed by atoms with Crippen molar-refractivity contribution in [1.82, 2.24) is 9.47 Å². The van der Waals surface area contributed by atoms with Crippen molar-refractivity contribution in [3.05, 3.63) is 91.1 Å². The molecule has 2 aliphatic heterocycles. The summed E-state index contributed by atoms with van der Waals surface area (Å²) >= 11 is 6.96. The fraction of sp³-hybridized carbons (Fsp3) is 0.286. The zero-order valence-corrected chi connectivity index (χ0v) is 22.7. The highest BCUT2D eigenvalue weighted by atomic mass is 35.5. The number of rotatable bonds is 6. The van der Waals surface area contributed by atoms with E-state index in [9.17, 15) is 19.7 Å². The summed E-state index contributed by atoms with van der Waals surface area (Å²) in [6.07, 6.45) is 4.93. The summed E-state index contributed by atoms with van der Waals surface area (Å²) in [5.41, 5.74) is 4.65. The topological polar surface area (TPSA) is 88.7 Å². The quantitative estimate of drug-likeness (QED) is 0.189. The minimum atomic E-state index is -0.355. The average Bonchev–Trinajstić information content (AvgIpc) is 3.32. The standard InChI is InChI=1S/C28H27ClN4O4S/c1-18-13-21(15-26-27(34)31(28(35)38-26)17-20-7-6-8-22(29)14-20)19(2)32(18)23-9-10-24(25(16-23)33(36)37)30-11-4-3-5-12-30/h6-10,13-16H,3-5,11-12,17H2,1-2H3/b26-15-. The molecule has 2 fully saturated rings. The molecule has 10 heteroatoms. The van der Waals surface area contributed by atoms with E-state index in [1.165, 1.54) is 4.90 Å². The number of carbonyl (C=O) groups is 2. The van der Waals surface area contributed by atoms with Gasteiger partial charge in [-0.2, -0.15) is 0 Å². The largest absolute Gasteiger partial charge is 0.366 e. The number of halogens is 1. The third-order valence-corrected chi connectivity index (χ3v) is 8.11. The number of nitro groups is 1. The molecule has 2 saturated heterocycles. The predicted molar refractivity (Wildman–Crippen MR) is 151 cm³/mol. The fourth-order valence-electron chi connectivity index (χ4n) is 5.13. The number of imide groups is 1. The smallest absolute Gasteiger partial charge is 0.294 e. The van der Waals surface area contributed by atoms with Crippen LogP contribution < -0.4 is 4.90 Å². The number of aryl methyl sites for hydroxylation is 1. The summed E-state index contributed by atoms with van der Waals surface area (Å²) in [7, 11) is 0. The van der Waals surface area contributed by atoms with Crippen LogP contribution in [0.3, 0.4) is 0 Å². The second-order valence-electron chi connectivity index (χ2n) is 9.54. The number of hydrogen-bond donors (Lipinski definition) is 0. The van der Waals surface area contributed by atoms with Gasteiger partial charge in [0.05, 0.1) is 22.1 Å². The van der Waals surface area contributed by atoms with Crippen molar-refractivity contribution in [3.8, 4) is 5.69 Å². The molecule has 38 heavy (non-hydrogen) atoms. The van der Waals surface area contributed by atoms with Gasteiger partial charge in [0.2, 0.25) is 0 Å². The van der Waals surface area contributed by atoms with Gasteiger partial charge in [0.25, 0.3) is 16.8 Å². The molecule has 0 atom stereocenters. The molecule has 0 aliphatic carbocycles. The number of thioether (sulfide) groups is 1. The molecule has 0 unspecified atom stereocenters. The van der Waals surface area contributed by atoms with Gasteiger partial charge in [0, 0.05) is 35.6 Å². The molecule has 0 radical (unpaired) electrons. The first-order valence-electron chi connectivity index (χ1n) is 12.5. The number of carbonyl (C=O) groups excluding carboxylic acids is 2. The van der Waals surface area contributed by atoms with Gasteiger partial charge in [-0.1, -0.05) is 23.7 Å². The molecular weight excluding hydrogens is 524 g/mol. The van der Waals surface area contributed by atoms with E-state index in [0.717, 1.165) is 66.6 Å². The fourth-order valence-corrected chi connectivity index (χ4v) is 6.17. The second-order valence-corrected chi connectivity index (χ2v) is 11.0. The number of amides is 2. The third-order valence-electron chi connectivity index (χ3n) is 6.97. The van der Waals surface area contributed by atoms with Crippen LogP contribution in [-0.2, 0) is 11.3 Å². The molecule has 2 amide bonds. The number of benzene rings is 2. The minimum Gasteiger partial charge on any atom is -0.366 e. The number of anilines is 1. The van der Waals surface area contributed by atoms with Crippen molar-refractivity contribution in [2.24, 2.45) is 0 Å². The van der Waals surface area contributed by atoms with Gasteiger partial charge in [0.15, 0.2) is 0 Å². The highest BCUT2D eigenvalue weighted by Crippen LogP contribution is 2.36. The molecule has 2 aliphatic rings. The molecule has 8 nitrogen and oxygen atoms in total. The van der Waals surface area contributed by atoms with Gasteiger partial charge in [-0.25, -0.2) is 0 Å². The Morgan fingerprint density at radius 3 is 2.53 bits per heavy atom. The molecule has 0 spiro atoms. The first-order valence-corrected chi connectivity index (χ1v) is 13.6. The van der Waals surface area contributed by atoms with E-state index in [-0.39, 0.29) is 28.3 Å². The molecule has 3 heterocycles. The minimum absolute atomic E-state index is 0.0839. The number of hydrogen-bond acceptors (Lipinski definition) is 6. The van der Waals surface area contributed by atoms with E-state index >= 15 is 0 Å². The summed E-state index contributed by atoms with van der Waals surface area (Å²) in [5, 5.41) is 12.2. The molecule has 5 rings (SSSR count). The van der Waals surface area contributed by atoms with Gasteiger partial charge < -0.3 is 9.47 Å². The highest BCUT2D eigenvalue weighted by molar-refractivity contribution is 8.18. The number of nitro benzene ring substituents is 1. The average molecular weight is 551 g/mol. The lowest BCUT2D eigenvalue weighted by molar-refractivity contribution is -0.384.